The summed E-state index contributed by atoms with van der Waals surface area (Å²) in [6.07, 6.45) is 2.97. The van der Waals surface area contributed by atoms with Gasteiger partial charge in [0.25, 0.3) is 0 Å². The molecule has 0 bridgehead atoms. The van der Waals surface area contributed by atoms with Crippen LogP contribution in [-0.4, -0.2) is 52.0 Å². The molecule has 7 heteroatoms. The summed E-state index contributed by atoms with van der Waals surface area (Å²) < 4.78 is 18.7. The van der Waals surface area contributed by atoms with E-state index in [0.29, 0.717) is 0 Å². The van der Waals surface area contributed by atoms with Gasteiger partial charge < -0.3 is 24.0 Å². The molecule has 5 nitrogen and oxygen atoms in total. The van der Waals surface area contributed by atoms with E-state index < -0.39 is 11.6 Å². The maximum absolute atomic E-state index is 6.71. The van der Waals surface area contributed by atoms with Gasteiger partial charge in [-0.05, 0) is 49.2 Å². The second-order valence-electron chi connectivity index (χ2n) is 9.22. The third-order valence-electron chi connectivity index (χ3n) is 7.05. The van der Waals surface area contributed by atoms with E-state index in [2.05, 4.69) is 47.9 Å². The standard InChI is InChI=1S/C26H34Cl2N2O3/c1-19-5-7-23(21(27)17-19)29-13-9-25(31-3,10-14-29)33-26(32-4)11-15-30(16-12-26)24-8-6-20(2)18-22(24)28/h5-8,17-18H,9-16H2,1-4H3. The molecule has 0 unspecified atom stereocenters. The van der Waals surface area contributed by atoms with Crippen molar-refractivity contribution in [2.24, 2.45) is 0 Å². The van der Waals surface area contributed by atoms with Gasteiger partial charge in [0.05, 0.1) is 21.4 Å². The molecule has 0 spiro atoms. The number of anilines is 2. The number of ether oxygens (including phenoxy) is 3. The van der Waals surface area contributed by atoms with Gasteiger partial charge in [-0.3, -0.25) is 0 Å². The van der Waals surface area contributed by atoms with Gasteiger partial charge in [-0.25, -0.2) is 0 Å². The summed E-state index contributed by atoms with van der Waals surface area (Å²) in [5, 5.41) is 1.58. The number of piperidine rings is 2. The first kappa shape index (κ1) is 24.6. The predicted molar refractivity (Wildman–Crippen MR) is 136 cm³/mol. The van der Waals surface area contributed by atoms with Crippen LogP contribution in [-0.2, 0) is 14.2 Å². The fourth-order valence-electron chi connectivity index (χ4n) is 4.95. The molecular formula is C26H34Cl2N2O3. The van der Waals surface area contributed by atoms with Crippen molar-refractivity contribution in [3.63, 3.8) is 0 Å². The maximum atomic E-state index is 6.71. The molecule has 4 rings (SSSR count). The molecule has 2 aromatic carbocycles. The molecular weight excluding hydrogens is 459 g/mol. The molecule has 0 radical (unpaired) electrons. The molecule has 33 heavy (non-hydrogen) atoms. The van der Waals surface area contributed by atoms with E-state index in [9.17, 15) is 0 Å². The lowest BCUT2D eigenvalue weighted by Gasteiger charge is -2.49. The molecule has 2 saturated heterocycles. The summed E-state index contributed by atoms with van der Waals surface area (Å²) in [6.45, 7) is 7.34. The minimum absolute atomic E-state index is 0.673. The second-order valence-corrected chi connectivity index (χ2v) is 10.0. The molecule has 2 aliphatic heterocycles. The molecule has 2 aromatic rings. The maximum Gasteiger partial charge on any atom is 0.174 e. The van der Waals surface area contributed by atoms with Gasteiger partial charge in [-0.2, -0.15) is 0 Å². The highest BCUT2D eigenvalue weighted by Crippen LogP contribution is 2.40. The topological polar surface area (TPSA) is 34.2 Å². The Bertz CT molecular complexity index is 891. The number of hydrogen-bond donors (Lipinski definition) is 0. The van der Waals surface area contributed by atoms with Gasteiger partial charge in [0.15, 0.2) is 11.6 Å². The van der Waals surface area contributed by atoms with E-state index in [0.717, 1.165) is 84.4 Å². The van der Waals surface area contributed by atoms with Gasteiger partial charge in [0.2, 0.25) is 0 Å². The summed E-state index contributed by atoms with van der Waals surface area (Å²) in [5.74, 6) is -1.35. The van der Waals surface area contributed by atoms with Crippen LogP contribution in [0.2, 0.25) is 10.0 Å². The number of halogens is 2. The number of aryl methyl sites for hydroxylation is 2. The molecule has 0 atom stereocenters. The van der Waals surface area contributed by atoms with Crippen molar-refractivity contribution in [2.75, 3.05) is 50.2 Å². The van der Waals surface area contributed by atoms with Crippen LogP contribution in [0.3, 0.4) is 0 Å². The van der Waals surface area contributed by atoms with Crippen LogP contribution in [0.4, 0.5) is 11.4 Å². The normalized spacial score (nSPS) is 20.2. The van der Waals surface area contributed by atoms with Gasteiger partial charge >= 0.3 is 0 Å². The van der Waals surface area contributed by atoms with Crippen molar-refractivity contribution in [1.82, 2.24) is 0 Å². The molecule has 0 aromatic heterocycles. The van der Waals surface area contributed by atoms with Gasteiger partial charge in [0, 0.05) is 66.1 Å². The average molecular weight is 493 g/mol. The lowest BCUT2D eigenvalue weighted by molar-refractivity contribution is -0.358. The van der Waals surface area contributed by atoms with Crippen LogP contribution in [0, 0.1) is 13.8 Å². The van der Waals surface area contributed by atoms with Gasteiger partial charge in [-0.1, -0.05) is 35.3 Å². The van der Waals surface area contributed by atoms with E-state index in [1.807, 2.05) is 12.1 Å². The van der Waals surface area contributed by atoms with Crippen LogP contribution in [0.15, 0.2) is 36.4 Å². The molecule has 0 aliphatic carbocycles. The molecule has 0 saturated carbocycles. The summed E-state index contributed by atoms with van der Waals surface area (Å²) in [7, 11) is 3.47. The molecule has 2 fully saturated rings. The van der Waals surface area contributed by atoms with Crippen LogP contribution in [0.25, 0.3) is 0 Å². The first-order valence-corrected chi connectivity index (χ1v) is 12.4. The molecule has 0 amide bonds. The monoisotopic (exact) mass is 492 g/mol. The largest absolute Gasteiger partial charge is 0.370 e. The van der Waals surface area contributed by atoms with Gasteiger partial charge in [0.1, 0.15) is 0 Å². The van der Waals surface area contributed by atoms with E-state index in [4.69, 9.17) is 37.4 Å². The number of benzene rings is 2. The first-order chi connectivity index (χ1) is 15.8. The predicted octanol–water partition coefficient (Wildman–Crippen LogP) is 6.21. The lowest BCUT2D eigenvalue weighted by Crippen LogP contribution is -2.56. The van der Waals surface area contributed by atoms with E-state index in [1.165, 1.54) is 0 Å². The third-order valence-corrected chi connectivity index (χ3v) is 7.66. The summed E-state index contributed by atoms with van der Waals surface area (Å²) in [4.78, 5) is 4.62. The van der Waals surface area contributed by atoms with Crippen molar-refractivity contribution in [3.8, 4) is 0 Å². The number of rotatable bonds is 6. The van der Waals surface area contributed by atoms with Crippen LogP contribution in [0.5, 0.6) is 0 Å². The molecule has 2 heterocycles. The fraction of sp³-hybridized carbons (Fsp3) is 0.538. The van der Waals surface area contributed by atoms with E-state index in [1.54, 1.807) is 14.2 Å². The summed E-state index contributed by atoms with van der Waals surface area (Å²) in [5.41, 5.74) is 4.46. The van der Waals surface area contributed by atoms with Crippen molar-refractivity contribution < 1.29 is 14.2 Å². The minimum Gasteiger partial charge on any atom is -0.370 e. The minimum atomic E-state index is -0.673. The third kappa shape index (κ3) is 5.28. The van der Waals surface area contributed by atoms with Crippen LogP contribution < -0.4 is 9.80 Å². The Balaban J connectivity index is 1.42. The Morgan fingerprint density at radius 3 is 1.33 bits per heavy atom. The van der Waals surface area contributed by atoms with Crippen molar-refractivity contribution in [2.45, 2.75) is 51.1 Å². The summed E-state index contributed by atoms with van der Waals surface area (Å²) >= 11 is 13.0. The number of nitrogens with zero attached hydrogens (tertiary/aromatic N) is 2. The quantitative estimate of drug-likeness (QED) is 0.447. The van der Waals surface area contributed by atoms with E-state index in [-0.39, 0.29) is 0 Å². The molecule has 2 aliphatic rings. The second kappa shape index (κ2) is 10.0. The number of methoxy groups -OCH3 is 2. The Kier molecular flexibility index (Phi) is 7.47. The lowest BCUT2D eigenvalue weighted by atomic mass is 9.98. The van der Waals surface area contributed by atoms with Crippen LogP contribution >= 0.6 is 23.2 Å². The average Bonchev–Trinajstić information content (AvgIpc) is 2.81. The number of hydrogen-bond acceptors (Lipinski definition) is 5. The fourth-order valence-corrected chi connectivity index (χ4v) is 5.66. The Morgan fingerprint density at radius 2 is 1.03 bits per heavy atom. The zero-order valence-corrected chi connectivity index (χ0v) is 21.5. The highest BCUT2D eigenvalue weighted by molar-refractivity contribution is 6.33. The zero-order chi connectivity index (χ0) is 23.6. The van der Waals surface area contributed by atoms with Crippen molar-refractivity contribution >= 4 is 34.6 Å². The first-order valence-electron chi connectivity index (χ1n) is 11.6. The van der Waals surface area contributed by atoms with Gasteiger partial charge in [-0.15, -0.1) is 0 Å². The zero-order valence-electron chi connectivity index (χ0n) is 20.0. The molecule has 180 valence electrons. The van der Waals surface area contributed by atoms with Crippen molar-refractivity contribution in [1.29, 1.82) is 0 Å². The van der Waals surface area contributed by atoms with Crippen LogP contribution in [0.1, 0.15) is 36.8 Å². The SMILES string of the molecule is COC1(OC2(OC)CCN(c3ccc(C)cc3Cl)CC2)CCN(c2ccc(C)cc2Cl)CC1. The highest BCUT2D eigenvalue weighted by atomic mass is 35.5. The Labute approximate surface area is 207 Å². The Morgan fingerprint density at radius 1 is 0.667 bits per heavy atom. The van der Waals surface area contributed by atoms with E-state index >= 15 is 0 Å². The van der Waals surface area contributed by atoms with Crippen molar-refractivity contribution in [3.05, 3.63) is 57.6 Å². The smallest absolute Gasteiger partial charge is 0.174 e. The summed E-state index contributed by atoms with van der Waals surface area (Å²) in [6, 6.07) is 12.4. The molecule has 0 N–H and O–H groups in total. The highest BCUT2D eigenvalue weighted by Gasteiger charge is 2.46. The Hall–Kier alpha value is -1.50.